The molecule has 1 aromatic heterocycles. The van der Waals surface area contributed by atoms with E-state index in [9.17, 15) is 9.59 Å². The van der Waals surface area contributed by atoms with Crippen LogP contribution in [-0.2, 0) is 13.6 Å². The number of hydrogen-bond donors (Lipinski definition) is 1. The molecule has 7 heteroatoms. The number of nitrogens with zero attached hydrogens (tertiary/aromatic N) is 3. The summed E-state index contributed by atoms with van der Waals surface area (Å²) >= 11 is 0. The predicted octanol–water partition coefficient (Wildman–Crippen LogP) is 2.00. The number of benzene rings is 2. The van der Waals surface area contributed by atoms with Gasteiger partial charge in [0.25, 0.3) is 5.91 Å². The summed E-state index contributed by atoms with van der Waals surface area (Å²) in [7, 11) is 3.28. The van der Waals surface area contributed by atoms with Crippen LogP contribution in [-0.4, -0.2) is 33.9 Å². The van der Waals surface area contributed by atoms with Gasteiger partial charge >= 0.3 is 5.69 Å². The third kappa shape index (κ3) is 4.08. The molecule has 2 aromatic carbocycles. The SMILES string of the molecule is COc1ccc(-c2nn(CCNC(=O)c3cccc(C)c3)c(=O)n2C)cc1. The van der Waals surface area contributed by atoms with Gasteiger partial charge in [0.15, 0.2) is 5.82 Å². The molecule has 0 aliphatic rings. The van der Waals surface area contributed by atoms with E-state index in [1.165, 1.54) is 9.25 Å². The van der Waals surface area contributed by atoms with E-state index >= 15 is 0 Å². The lowest BCUT2D eigenvalue weighted by Gasteiger charge is -2.05. The summed E-state index contributed by atoms with van der Waals surface area (Å²) < 4.78 is 8.00. The van der Waals surface area contributed by atoms with E-state index in [0.29, 0.717) is 24.5 Å². The van der Waals surface area contributed by atoms with Gasteiger partial charge in [0.1, 0.15) is 5.75 Å². The Morgan fingerprint density at radius 3 is 2.59 bits per heavy atom. The molecule has 1 amide bonds. The lowest BCUT2D eigenvalue weighted by molar-refractivity contribution is 0.0951. The molecule has 140 valence electrons. The topological polar surface area (TPSA) is 78.2 Å². The van der Waals surface area contributed by atoms with Crippen LogP contribution in [0.4, 0.5) is 0 Å². The maximum atomic E-state index is 12.4. The molecule has 0 spiro atoms. The number of methoxy groups -OCH3 is 1. The molecular weight excluding hydrogens is 344 g/mol. The van der Waals surface area contributed by atoms with E-state index in [-0.39, 0.29) is 11.6 Å². The van der Waals surface area contributed by atoms with E-state index in [0.717, 1.165) is 16.9 Å². The van der Waals surface area contributed by atoms with Crippen molar-refractivity contribution in [3.8, 4) is 17.1 Å². The molecule has 0 saturated heterocycles. The van der Waals surface area contributed by atoms with Crippen molar-refractivity contribution in [3.05, 3.63) is 70.1 Å². The third-order valence-corrected chi connectivity index (χ3v) is 4.28. The summed E-state index contributed by atoms with van der Waals surface area (Å²) in [5.41, 5.74) is 2.21. The van der Waals surface area contributed by atoms with Crippen LogP contribution in [0.5, 0.6) is 5.75 Å². The number of carbonyl (C=O) groups excluding carboxylic acids is 1. The molecule has 3 rings (SSSR count). The molecule has 0 fully saturated rings. The molecule has 7 nitrogen and oxygen atoms in total. The summed E-state index contributed by atoms with van der Waals surface area (Å²) in [5, 5.41) is 7.21. The highest BCUT2D eigenvalue weighted by Gasteiger charge is 2.12. The summed E-state index contributed by atoms with van der Waals surface area (Å²) in [6.45, 7) is 2.54. The Labute approximate surface area is 157 Å². The quantitative estimate of drug-likeness (QED) is 0.724. The minimum absolute atomic E-state index is 0.168. The minimum Gasteiger partial charge on any atom is -0.497 e. The molecule has 1 N–H and O–H groups in total. The molecule has 0 aliphatic heterocycles. The first-order chi connectivity index (χ1) is 13.0. The minimum atomic E-state index is -0.231. The van der Waals surface area contributed by atoms with Crippen molar-refractivity contribution in [2.24, 2.45) is 7.05 Å². The molecule has 0 atom stereocenters. The first-order valence-electron chi connectivity index (χ1n) is 8.62. The smallest absolute Gasteiger partial charge is 0.345 e. The molecular formula is C20H22N4O3. The van der Waals surface area contributed by atoms with Crippen molar-refractivity contribution < 1.29 is 9.53 Å². The zero-order valence-electron chi connectivity index (χ0n) is 15.6. The Balaban J connectivity index is 1.69. The van der Waals surface area contributed by atoms with Gasteiger partial charge < -0.3 is 10.1 Å². The van der Waals surface area contributed by atoms with Crippen LogP contribution in [0, 0.1) is 6.92 Å². The van der Waals surface area contributed by atoms with Crippen molar-refractivity contribution in [2.75, 3.05) is 13.7 Å². The first-order valence-corrected chi connectivity index (χ1v) is 8.62. The molecule has 3 aromatic rings. The van der Waals surface area contributed by atoms with Crippen LogP contribution in [0.3, 0.4) is 0 Å². The number of aromatic nitrogens is 3. The fourth-order valence-electron chi connectivity index (χ4n) is 2.79. The van der Waals surface area contributed by atoms with Gasteiger partial charge in [-0.05, 0) is 43.3 Å². The Kier molecular flexibility index (Phi) is 5.40. The zero-order valence-corrected chi connectivity index (χ0v) is 15.6. The highest BCUT2D eigenvalue weighted by atomic mass is 16.5. The summed E-state index contributed by atoms with van der Waals surface area (Å²) in [5.74, 6) is 1.13. The van der Waals surface area contributed by atoms with E-state index in [2.05, 4.69) is 10.4 Å². The first kappa shape index (κ1) is 18.4. The standard InChI is InChI=1S/C20H22N4O3/c1-14-5-4-6-16(13-14)19(25)21-11-12-24-20(26)23(2)18(22-24)15-7-9-17(27-3)10-8-15/h4-10,13H,11-12H2,1-3H3,(H,21,25). The fourth-order valence-corrected chi connectivity index (χ4v) is 2.79. The fraction of sp³-hybridized carbons (Fsp3) is 0.250. The van der Waals surface area contributed by atoms with Crippen molar-refractivity contribution in [3.63, 3.8) is 0 Å². The molecule has 0 unspecified atom stereocenters. The molecule has 27 heavy (non-hydrogen) atoms. The maximum absolute atomic E-state index is 12.4. The highest BCUT2D eigenvalue weighted by Crippen LogP contribution is 2.19. The van der Waals surface area contributed by atoms with Gasteiger partial charge in [-0.2, -0.15) is 0 Å². The molecule has 0 saturated carbocycles. The Hall–Kier alpha value is -3.35. The lowest BCUT2D eigenvalue weighted by Crippen LogP contribution is -2.31. The number of nitrogens with one attached hydrogen (secondary N) is 1. The van der Waals surface area contributed by atoms with Crippen molar-refractivity contribution in [2.45, 2.75) is 13.5 Å². The van der Waals surface area contributed by atoms with Gasteiger partial charge in [0.05, 0.1) is 13.7 Å². The average molecular weight is 366 g/mol. The normalized spacial score (nSPS) is 10.6. The van der Waals surface area contributed by atoms with E-state index in [4.69, 9.17) is 4.74 Å². The van der Waals surface area contributed by atoms with Gasteiger partial charge in [0, 0.05) is 24.7 Å². The second-order valence-electron chi connectivity index (χ2n) is 6.24. The van der Waals surface area contributed by atoms with E-state index < -0.39 is 0 Å². The summed E-state index contributed by atoms with van der Waals surface area (Å²) in [6.07, 6.45) is 0. The van der Waals surface area contributed by atoms with Gasteiger partial charge in [-0.25, -0.2) is 9.48 Å². The lowest BCUT2D eigenvalue weighted by atomic mass is 10.1. The Morgan fingerprint density at radius 2 is 1.93 bits per heavy atom. The van der Waals surface area contributed by atoms with Gasteiger partial charge in [-0.1, -0.05) is 17.7 Å². The second kappa shape index (κ2) is 7.90. The van der Waals surface area contributed by atoms with Crippen LogP contribution in [0.2, 0.25) is 0 Å². The monoisotopic (exact) mass is 366 g/mol. The average Bonchev–Trinajstić information content (AvgIpc) is 2.96. The molecule has 0 aliphatic carbocycles. The number of aryl methyl sites for hydroxylation is 1. The van der Waals surface area contributed by atoms with E-state index in [1.54, 1.807) is 20.2 Å². The highest BCUT2D eigenvalue weighted by molar-refractivity contribution is 5.94. The zero-order chi connectivity index (χ0) is 19.4. The van der Waals surface area contributed by atoms with Crippen molar-refractivity contribution in [1.82, 2.24) is 19.7 Å². The summed E-state index contributed by atoms with van der Waals surface area (Å²) in [4.78, 5) is 24.6. The maximum Gasteiger partial charge on any atom is 0.345 e. The number of carbonyl (C=O) groups is 1. The van der Waals surface area contributed by atoms with Crippen LogP contribution in [0.15, 0.2) is 53.3 Å². The number of amides is 1. The Bertz CT molecular complexity index is 1000. The predicted molar refractivity (Wildman–Crippen MR) is 103 cm³/mol. The van der Waals surface area contributed by atoms with Gasteiger partial charge in [0.2, 0.25) is 0 Å². The van der Waals surface area contributed by atoms with Crippen LogP contribution in [0.1, 0.15) is 15.9 Å². The molecule has 0 bridgehead atoms. The van der Waals surface area contributed by atoms with Gasteiger partial charge in [-0.15, -0.1) is 5.10 Å². The third-order valence-electron chi connectivity index (χ3n) is 4.28. The second-order valence-corrected chi connectivity index (χ2v) is 6.24. The van der Waals surface area contributed by atoms with Crippen molar-refractivity contribution >= 4 is 5.91 Å². The van der Waals surface area contributed by atoms with Crippen LogP contribution in [0.25, 0.3) is 11.4 Å². The van der Waals surface area contributed by atoms with Crippen LogP contribution < -0.4 is 15.7 Å². The largest absolute Gasteiger partial charge is 0.497 e. The molecule has 0 radical (unpaired) electrons. The molecule has 1 heterocycles. The number of rotatable bonds is 6. The van der Waals surface area contributed by atoms with Gasteiger partial charge in [-0.3, -0.25) is 9.36 Å². The van der Waals surface area contributed by atoms with Crippen molar-refractivity contribution in [1.29, 1.82) is 0 Å². The summed E-state index contributed by atoms with van der Waals surface area (Å²) in [6, 6.07) is 14.7. The number of ether oxygens (including phenoxy) is 1. The van der Waals surface area contributed by atoms with Crippen LogP contribution >= 0.6 is 0 Å². The Morgan fingerprint density at radius 1 is 1.19 bits per heavy atom. The van der Waals surface area contributed by atoms with E-state index in [1.807, 2.05) is 49.4 Å². The number of hydrogen-bond acceptors (Lipinski definition) is 4.